The van der Waals surface area contributed by atoms with Gasteiger partial charge < -0.3 is 9.47 Å². The van der Waals surface area contributed by atoms with E-state index in [9.17, 15) is 4.79 Å². The zero-order valence-corrected chi connectivity index (χ0v) is 16.1. The molecule has 0 atom stereocenters. The molecule has 0 saturated heterocycles. The molecule has 2 aromatic rings. The average Bonchev–Trinajstić information content (AvgIpc) is 3.25. The summed E-state index contributed by atoms with van der Waals surface area (Å²) in [5.41, 5.74) is 4.07. The minimum atomic E-state index is -0.553. The van der Waals surface area contributed by atoms with E-state index in [-0.39, 0.29) is 0 Å². The molecule has 1 saturated carbocycles. The summed E-state index contributed by atoms with van der Waals surface area (Å²) < 4.78 is 10.3. The van der Waals surface area contributed by atoms with Crippen LogP contribution in [0.15, 0.2) is 54.6 Å². The summed E-state index contributed by atoms with van der Waals surface area (Å²) in [5.74, 6) is 0.743. The first-order valence-corrected chi connectivity index (χ1v) is 10.2. The molecule has 144 valence electrons. The Labute approximate surface area is 162 Å². The highest BCUT2D eigenvalue weighted by atomic mass is 16.7. The van der Waals surface area contributed by atoms with Gasteiger partial charge in [0.25, 0.3) is 0 Å². The van der Waals surface area contributed by atoms with Crippen LogP contribution in [0.1, 0.15) is 61.1 Å². The van der Waals surface area contributed by atoms with Crippen molar-refractivity contribution in [3.8, 4) is 0 Å². The van der Waals surface area contributed by atoms with Gasteiger partial charge in [0, 0.05) is 0 Å². The maximum Gasteiger partial charge on any atom is 0.508 e. The highest BCUT2D eigenvalue weighted by Gasteiger charge is 2.16. The highest BCUT2D eigenvalue weighted by molar-refractivity contribution is 5.59. The Morgan fingerprint density at radius 1 is 0.815 bits per heavy atom. The van der Waals surface area contributed by atoms with Crippen molar-refractivity contribution in [2.75, 3.05) is 13.2 Å². The van der Waals surface area contributed by atoms with Crippen LogP contribution in [0.25, 0.3) is 0 Å². The molecule has 0 aromatic heterocycles. The zero-order valence-electron chi connectivity index (χ0n) is 16.1. The first-order valence-electron chi connectivity index (χ1n) is 10.2. The molecule has 3 nitrogen and oxygen atoms in total. The SMILES string of the molecule is O=C(OCCCc1ccccc1)OCCCc1cccc(C2CCCC2)c1. The average molecular weight is 367 g/mol. The molecular formula is C24H30O3. The quantitative estimate of drug-likeness (QED) is 0.399. The van der Waals surface area contributed by atoms with Gasteiger partial charge in [-0.15, -0.1) is 0 Å². The fraction of sp³-hybridized carbons (Fsp3) is 0.458. The van der Waals surface area contributed by atoms with Crippen LogP contribution in [0.2, 0.25) is 0 Å². The van der Waals surface area contributed by atoms with Crippen LogP contribution in [0.4, 0.5) is 4.79 Å². The molecule has 27 heavy (non-hydrogen) atoms. The van der Waals surface area contributed by atoms with Crippen LogP contribution in [0.5, 0.6) is 0 Å². The smallest absolute Gasteiger partial charge is 0.434 e. The second kappa shape index (κ2) is 10.8. The van der Waals surface area contributed by atoms with E-state index in [1.54, 1.807) is 0 Å². The van der Waals surface area contributed by atoms with Crippen LogP contribution in [-0.2, 0) is 22.3 Å². The number of ether oxygens (including phenoxy) is 2. The molecule has 0 radical (unpaired) electrons. The number of hydrogen-bond donors (Lipinski definition) is 0. The van der Waals surface area contributed by atoms with E-state index in [0.29, 0.717) is 13.2 Å². The van der Waals surface area contributed by atoms with Gasteiger partial charge in [0.1, 0.15) is 0 Å². The van der Waals surface area contributed by atoms with Gasteiger partial charge in [-0.05, 0) is 61.1 Å². The fourth-order valence-electron chi connectivity index (χ4n) is 3.81. The lowest BCUT2D eigenvalue weighted by molar-refractivity contribution is 0.0539. The molecule has 3 heteroatoms. The molecule has 1 fully saturated rings. The second-order valence-corrected chi connectivity index (χ2v) is 7.37. The van der Waals surface area contributed by atoms with Crippen molar-refractivity contribution in [1.29, 1.82) is 0 Å². The molecule has 0 spiro atoms. The van der Waals surface area contributed by atoms with Crippen LogP contribution in [0, 0.1) is 0 Å². The number of rotatable bonds is 9. The Hall–Kier alpha value is -2.29. The first kappa shape index (κ1) is 19.5. The lowest BCUT2D eigenvalue weighted by Crippen LogP contribution is -2.10. The molecule has 0 bridgehead atoms. The summed E-state index contributed by atoms with van der Waals surface area (Å²) in [4.78, 5) is 11.6. The fourth-order valence-corrected chi connectivity index (χ4v) is 3.81. The summed E-state index contributed by atoms with van der Waals surface area (Å²) in [6, 6.07) is 19.1. The molecule has 0 unspecified atom stereocenters. The maximum absolute atomic E-state index is 11.6. The lowest BCUT2D eigenvalue weighted by Gasteiger charge is -2.11. The van der Waals surface area contributed by atoms with Gasteiger partial charge in [-0.25, -0.2) is 4.79 Å². The molecule has 1 aliphatic rings. The Morgan fingerprint density at radius 2 is 1.44 bits per heavy atom. The van der Waals surface area contributed by atoms with Crippen molar-refractivity contribution in [2.45, 2.75) is 57.3 Å². The molecule has 0 amide bonds. The number of carbonyl (C=O) groups is 1. The summed E-state index contributed by atoms with van der Waals surface area (Å²) in [5, 5.41) is 0. The third-order valence-corrected chi connectivity index (χ3v) is 5.28. The topological polar surface area (TPSA) is 35.5 Å². The van der Waals surface area contributed by atoms with E-state index in [1.807, 2.05) is 18.2 Å². The molecular weight excluding hydrogens is 336 g/mol. The second-order valence-electron chi connectivity index (χ2n) is 7.37. The van der Waals surface area contributed by atoms with Gasteiger partial charge in [-0.3, -0.25) is 0 Å². The van der Waals surface area contributed by atoms with Crippen molar-refractivity contribution >= 4 is 6.16 Å². The molecule has 3 rings (SSSR count). The van der Waals surface area contributed by atoms with Crippen molar-refractivity contribution in [3.05, 3.63) is 71.3 Å². The van der Waals surface area contributed by atoms with E-state index in [2.05, 4.69) is 36.4 Å². The van der Waals surface area contributed by atoms with Crippen LogP contribution < -0.4 is 0 Å². The third-order valence-electron chi connectivity index (χ3n) is 5.28. The first-order chi connectivity index (χ1) is 13.3. The lowest BCUT2D eigenvalue weighted by atomic mass is 9.95. The van der Waals surface area contributed by atoms with Gasteiger partial charge in [-0.2, -0.15) is 0 Å². The minimum Gasteiger partial charge on any atom is -0.434 e. The van der Waals surface area contributed by atoms with E-state index < -0.39 is 6.16 Å². The largest absolute Gasteiger partial charge is 0.508 e. The van der Waals surface area contributed by atoms with Crippen molar-refractivity contribution in [1.82, 2.24) is 0 Å². The molecule has 1 aliphatic carbocycles. The summed E-state index contributed by atoms with van der Waals surface area (Å²) in [6.07, 6.45) is 8.29. The zero-order chi connectivity index (χ0) is 18.7. The van der Waals surface area contributed by atoms with E-state index in [1.165, 1.54) is 42.4 Å². The van der Waals surface area contributed by atoms with Gasteiger partial charge in [0.05, 0.1) is 13.2 Å². The summed E-state index contributed by atoms with van der Waals surface area (Å²) in [6.45, 7) is 0.808. The Morgan fingerprint density at radius 3 is 2.15 bits per heavy atom. The molecule has 0 N–H and O–H groups in total. The molecule has 0 heterocycles. The van der Waals surface area contributed by atoms with Crippen LogP contribution in [0.3, 0.4) is 0 Å². The number of aryl methyl sites for hydroxylation is 2. The Kier molecular flexibility index (Phi) is 7.76. The van der Waals surface area contributed by atoms with Gasteiger partial charge >= 0.3 is 6.16 Å². The standard InChI is InChI=1S/C24H30O3/c25-24(26-17-7-12-20-9-2-1-3-10-20)27-18-8-13-21-11-6-16-23(19-21)22-14-4-5-15-22/h1-3,6,9-11,16,19,22H,4-5,7-8,12-15,17-18H2. The molecule has 2 aromatic carbocycles. The van der Waals surface area contributed by atoms with Gasteiger partial charge in [0.2, 0.25) is 0 Å². The summed E-state index contributed by atoms with van der Waals surface area (Å²) >= 11 is 0. The minimum absolute atomic E-state index is 0.400. The monoisotopic (exact) mass is 366 g/mol. The van der Waals surface area contributed by atoms with Gasteiger partial charge in [0.15, 0.2) is 0 Å². The Bertz CT molecular complexity index is 690. The van der Waals surface area contributed by atoms with Crippen molar-refractivity contribution in [3.63, 3.8) is 0 Å². The molecule has 0 aliphatic heterocycles. The maximum atomic E-state index is 11.6. The summed E-state index contributed by atoms with van der Waals surface area (Å²) in [7, 11) is 0. The Balaban J connectivity index is 1.27. The van der Waals surface area contributed by atoms with Crippen molar-refractivity contribution < 1.29 is 14.3 Å². The van der Waals surface area contributed by atoms with Crippen LogP contribution >= 0.6 is 0 Å². The van der Waals surface area contributed by atoms with E-state index in [4.69, 9.17) is 9.47 Å². The van der Waals surface area contributed by atoms with E-state index in [0.717, 1.165) is 31.6 Å². The predicted molar refractivity (Wildman–Crippen MR) is 108 cm³/mol. The third kappa shape index (κ3) is 6.74. The van der Waals surface area contributed by atoms with Crippen molar-refractivity contribution in [2.24, 2.45) is 0 Å². The van der Waals surface area contributed by atoms with Crippen LogP contribution in [-0.4, -0.2) is 19.4 Å². The number of benzene rings is 2. The number of carbonyl (C=O) groups excluding carboxylic acids is 1. The predicted octanol–water partition coefficient (Wildman–Crippen LogP) is 6.06. The normalized spacial score (nSPS) is 14.2. The number of hydrogen-bond acceptors (Lipinski definition) is 3. The van der Waals surface area contributed by atoms with Gasteiger partial charge in [-0.1, -0.05) is 67.4 Å². The van der Waals surface area contributed by atoms with E-state index >= 15 is 0 Å². The highest BCUT2D eigenvalue weighted by Crippen LogP contribution is 2.34.